The van der Waals surface area contributed by atoms with E-state index in [2.05, 4.69) is 31.3 Å². The van der Waals surface area contributed by atoms with Crippen LogP contribution in [0.3, 0.4) is 0 Å². The minimum atomic E-state index is -1.55. The van der Waals surface area contributed by atoms with Crippen molar-refractivity contribution in [2.45, 2.75) is 256 Å². The number of aliphatic hydroxyl groups excluding tert-OH is 5. The minimum absolute atomic E-state index is 0.137. The number of ether oxygens (including phenoxy) is 2. The van der Waals surface area contributed by atoms with Gasteiger partial charge in [-0.2, -0.15) is 0 Å². The standard InChI is InChI=1S/C45H87NO8/c1-3-5-7-9-11-13-15-17-18-19-20-21-23-25-27-29-31-33-35-41(49)46-38(37-53-45-44(52)43(51)42(50)40(36-47)54-45)39(48)34-32-30-28-26-24-22-16-14-12-10-8-6-4-2/h18-19,38-40,42-45,47-48,50-52H,3-17,20-37H2,1-2H3,(H,46,49)/b19-18-. The second-order valence-corrected chi connectivity index (χ2v) is 16.2. The van der Waals surface area contributed by atoms with Gasteiger partial charge in [-0.05, 0) is 38.5 Å². The molecule has 0 spiro atoms. The van der Waals surface area contributed by atoms with Crippen LogP contribution in [0, 0.1) is 0 Å². The van der Waals surface area contributed by atoms with E-state index in [0.717, 1.165) is 38.5 Å². The van der Waals surface area contributed by atoms with E-state index in [1.54, 1.807) is 0 Å². The van der Waals surface area contributed by atoms with E-state index in [4.69, 9.17) is 9.47 Å². The first-order valence-corrected chi connectivity index (χ1v) is 22.9. The van der Waals surface area contributed by atoms with Crippen LogP contribution in [0.1, 0.15) is 213 Å². The molecule has 54 heavy (non-hydrogen) atoms. The largest absolute Gasteiger partial charge is 0.394 e. The summed E-state index contributed by atoms with van der Waals surface area (Å²) in [6, 6.07) is -0.716. The normalized spacial score (nSPS) is 21.5. The molecule has 0 aliphatic carbocycles. The second-order valence-electron chi connectivity index (χ2n) is 16.2. The van der Waals surface area contributed by atoms with Crippen molar-refractivity contribution in [1.29, 1.82) is 0 Å². The van der Waals surface area contributed by atoms with Crippen molar-refractivity contribution in [3.63, 3.8) is 0 Å². The van der Waals surface area contributed by atoms with E-state index < -0.39 is 49.5 Å². The Morgan fingerprint density at radius 2 is 1.04 bits per heavy atom. The quantitative estimate of drug-likeness (QED) is 0.0269. The molecule has 1 aliphatic rings. The van der Waals surface area contributed by atoms with Crippen LogP contribution in [0.4, 0.5) is 0 Å². The van der Waals surface area contributed by atoms with Gasteiger partial charge >= 0.3 is 0 Å². The fourth-order valence-corrected chi connectivity index (χ4v) is 7.39. The number of carbonyl (C=O) groups excluding carboxylic acids is 1. The highest BCUT2D eigenvalue weighted by Crippen LogP contribution is 2.23. The number of unbranched alkanes of at least 4 members (excludes halogenated alkanes) is 26. The van der Waals surface area contributed by atoms with Gasteiger partial charge in [-0.15, -0.1) is 0 Å². The van der Waals surface area contributed by atoms with Gasteiger partial charge < -0.3 is 40.3 Å². The van der Waals surface area contributed by atoms with Gasteiger partial charge in [-0.25, -0.2) is 0 Å². The van der Waals surface area contributed by atoms with E-state index in [1.807, 2.05) is 0 Å². The Hall–Kier alpha value is -1.07. The molecule has 0 aromatic heterocycles. The molecule has 0 radical (unpaired) electrons. The summed E-state index contributed by atoms with van der Waals surface area (Å²) in [4.78, 5) is 13.0. The van der Waals surface area contributed by atoms with Crippen LogP contribution in [0.5, 0.6) is 0 Å². The number of rotatable bonds is 38. The number of nitrogens with one attached hydrogen (secondary N) is 1. The molecule has 0 aromatic carbocycles. The maximum atomic E-state index is 13.0. The van der Waals surface area contributed by atoms with E-state index in [9.17, 15) is 30.3 Å². The SMILES string of the molecule is CCCCCCCCC/C=C\CCCCCCCCCC(=O)NC(COC1OC(CO)C(O)C(O)C1O)C(O)CCCCCCCCCCCCCCC. The van der Waals surface area contributed by atoms with Crippen LogP contribution in [0.15, 0.2) is 12.2 Å². The maximum Gasteiger partial charge on any atom is 0.220 e. The number of aliphatic hydroxyl groups is 5. The van der Waals surface area contributed by atoms with Gasteiger partial charge in [0.15, 0.2) is 6.29 Å². The van der Waals surface area contributed by atoms with Crippen LogP contribution >= 0.6 is 0 Å². The Kier molecular flexibility index (Phi) is 34.2. The zero-order valence-corrected chi connectivity index (χ0v) is 35.0. The Bertz CT molecular complexity index is 858. The summed E-state index contributed by atoms with van der Waals surface area (Å²) in [5.41, 5.74) is 0. The summed E-state index contributed by atoms with van der Waals surface area (Å²) in [5.74, 6) is -0.148. The smallest absolute Gasteiger partial charge is 0.220 e. The van der Waals surface area contributed by atoms with Gasteiger partial charge in [0.2, 0.25) is 5.91 Å². The monoisotopic (exact) mass is 770 g/mol. The maximum absolute atomic E-state index is 13.0. The summed E-state index contributed by atoms with van der Waals surface area (Å²) in [6.45, 7) is 3.83. The van der Waals surface area contributed by atoms with Crippen molar-refractivity contribution in [1.82, 2.24) is 5.32 Å². The molecule has 9 heteroatoms. The van der Waals surface area contributed by atoms with Crippen molar-refractivity contribution >= 4 is 5.91 Å². The molecule has 1 aliphatic heterocycles. The molecule has 1 fully saturated rings. The molecule has 320 valence electrons. The lowest BCUT2D eigenvalue weighted by Gasteiger charge is -2.40. The van der Waals surface area contributed by atoms with E-state index in [-0.39, 0.29) is 12.5 Å². The third-order valence-corrected chi connectivity index (χ3v) is 11.1. The van der Waals surface area contributed by atoms with E-state index in [0.29, 0.717) is 12.8 Å². The lowest BCUT2D eigenvalue weighted by Crippen LogP contribution is -2.60. The number of amides is 1. The topological polar surface area (TPSA) is 149 Å². The molecule has 0 saturated carbocycles. The third-order valence-electron chi connectivity index (χ3n) is 11.1. The van der Waals surface area contributed by atoms with Gasteiger partial charge in [-0.3, -0.25) is 4.79 Å². The highest BCUT2D eigenvalue weighted by molar-refractivity contribution is 5.76. The average molecular weight is 770 g/mol. The molecule has 0 bridgehead atoms. The van der Waals surface area contributed by atoms with Gasteiger partial charge in [-0.1, -0.05) is 180 Å². The molecule has 7 unspecified atom stereocenters. The Labute approximate surface area is 331 Å². The molecule has 0 aromatic rings. The molecule has 7 atom stereocenters. The molecule has 9 nitrogen and oxygen atoms in total. The number of hydrogen-bond acceptors (Lipinski definition) is 8. The molecular formula is C45H87NO8. The first-order valence-electron chi connectivity index (χ1n) is 22.9. The van der Waals surface area contributed by atoms with E-state index >= 15 is 0 Å². The van der Waals surface area contributed by atoms with Gasteiger partial charge in [0.25, 0.3) is 0 Å². The first kappa shape index (κ1) is 50.9. The van der Waals surface area contributed by atoms with Crippen LogP contribution in [0.25, 0.3) is 0 Å². The van der Waals surface area contributed by atoms with E-state index in [1.165, 1.54) is 148 Å². The average Bonchev–Trinajstić information content (AvgIpc) is 3.17. The zero-order chi connectivity index (χ0) is 39.5. The fourth-order valence-electron chi connectivity index (χ4n) is 7.39. The number of hydrogen-bond donors (Lipinski definition) is 6. The van der Waals surface area contributed by atoms with Crippen molar-refractivity contribution in [3.8, 4) is 0 Å². The van der Waals surface area contributed by atoms with Crippen molar-refractivity contribution in [2.75, 3.05) is 13.2 Å². The molecule has 1 saturated heterocycles. The molecular weight excluding hydrogens is 682 g/mol. The van der Waals surface area contributed by atoms with Gasteiger partial charge in [0, 0.05) is 6.42 Å². The highest BCUT2D eigenvalue weighted by atomic mass is 16.7. The lowest BCUT2D eigenvalue weighted by molar-refractivity contribution is -0.302. The summed E-state index contributed by atoms with van der Waals surface area (Å²) in [6.07, 6.45) is 33.5. The summed E-state index contributed by atoms with van der Waals surface area (Å²) < 4.78 is 11.2. The Balaban J connectivity index is 2.32. The van der Waals surface area contributed by atoms with Gasteiger partial charge in [0.05, 0.1) is 25.4 Å². The number of carbonyl (C=O) groups is 1. The van der Waals surface area contributed by atoms with Gasteiger partial charge in [0.1, 0.15) is 24.4 Å². The predicted octanol–water partition coefficient (Wildman–Crippen LogP) is 9.34. The van der Waals surface area contributed by atoms with Crippen LogP contribution in [-0.4, -0.2) is 87.5 Å². The number of allylic oxidation sites excluding steroid dienone is 2. The fraction of sp³-hybridized carbons (Fsp3) is 0.933. The summed E-state index contributed by atoms with van der Waals surface area (Å²) in [5, 5.41) is 54.3. The van der Waals surface area contributed by atoms with Crippen LogP contribution in [-0.2, 0) is 14.3 Å². The minimum Gasteiger partial charge on any atom is -0.394 e. The molecule has 1 rings (SSSR count). The molecule has 6 N–H and O–H groups in total. The van der Waals surface area contributed by atoms with Crippen molar-refractivity contribution in [3.05, 3.63) is 12.2 Å². The first-order chi connectivity index (χ1) is 26.3. The molecule has 1 heterocycles. The van der Waals surface area contributed by atoms with Crippen molar-refractivity contribution in [2.24, 2.45) is 0 Å². The third kappa shape index (κ3) is 26.7. The summed E-state index contributed by atoms with van der Waals surface area (Å²) >= 11 is 0. The zero-order valence-electron chi connectivity index (χ0n) is 35.0. The molecule has 1 amide bonds. The Morgan fingerprint density at radius 3 is 1.50 bits per heavy atom. The van der Waals surface area contributed by atoms with Crippen LogP contribution < -0.4 is 5.32 Å². The Morgan fingerprint density at radius 1 is 0.611 bits per heavy atom. The van der Waals surface area contributed by atoms with Crippen LogP contribution in [0.2, 0.25) is 0 Å². The van der Waals surface area contributed by atoms with Crippen molar-refractivity contribution < 1.29 is 39.8 Å². The lowest BCUT2D eigenvalue weighted by atomic mass is 9.99. The highest BCUT2D eigenvalue weighted by Gasteiger charge is 2.44. The predicted molar refractivity (Wildman–Crippen MR) is 221 cm³/mol. The summed E-state index contributed by atoms with van der Waals surface area (Å²) in [7, 11) is 0. The second kappa shape index (κ2) is 36.3.